The fraction of sp³-hybridized carbons (Fsp3) is 0.0714. The van der Waals surface area contributed by atoms with Gasteiger partial charge >= 0.3 is 6.47 Å². The van der Waals surface area contributed by atoms with Crippen LogP contribution in [0, 0.1) is 17.5 Å². The smallest absolute Gasteiger partial charge is 0.418 e. The van der Waals surface area contributed by atoms with Gasteiger partial charge in [-0.3, -0.25) is 0 Å². The highest BCUT2D eigenvalue weighted by Crippen LogP contribution is 2.26. The maximum atomic E-state index is 13.2. The van der Waals surface area contributed by atoms with Crippen LogP contribution in [0.4, 0.5) is 13.2 Å². The lowest BCUT2D eigenvalue weighted by Gasteiger charge is -2.15. The molecule has 5 heteroatoms. The quantitative estimate of drug-likeness (QED) is 0.848. The first kappa shape index (κ1) is 13.1. The first-order valence-corrected chi connectivity index (χ1v) is 5.35. The summed E-state index contributed by atoms with van der Waals surface area (Å²) in [6.07, 6.45) is -0.965. The molecule has 1 atom stereocenters. The average Bonchev–Trinajstić information content (AvgIpc) is 2.41. The monoisotopic (exact) mass is 265 g/mol. The maximum Gasteiger partial charge on any atom is 0.418 e. The van der Waals surface area contributed by atoms with Gasteiger partial charge in [-0.1, -0.05) is 18.2 Å². The third-order valence-corrected chi connectivity index (χ3v) is 2.59. The molecule has 0 amide bonds. The Kier molecular flexibility index (Phi) is 3.85. The molecule has 2 nitrogen and oxygen atoms in total. The zero-order valence-electron chi connectivity index (χ0n) is 9.57. The Balaban J connectivity index is 2.41. The van der Waals surface area contributed by atoms with Crippen LogP contribution in [0.25, 0.3) is 0 Å². The zero-order chi connectivity index (χ0) is 13.8. The molecule has 2 rings (SSSR count). The lowest BCUT2D eigenvalue weighted by Crippen LogP contribution is -2.06. The van der Waals surface area contributed by atoms with Gasteiger partial charge < -0.3 is 4.74 Å². The summed E-state index contributed by atoms with van der Waals surface area (Å²) >= 11 is 0. The molecule has 0 spiro atoms. The lowest BCUT2D eigenvalue weighted by molar-refractivity contribution is 0.215. The zero-order valence-corrected chi connectivity index (χ0v) is 9.57. The first-order valence-electron chi connectivity index (χ1n) is 5.35. The number of carbonyl (C=O) groups excluding carboxylic acids is 1. The molecule has 0 aliphatic carbocycles. The number of hydrogen-bond donors (Lipinski definition) is 0. The predicted molar refractivity (Wildman–Crippen MR) is 61.4 cm³/mol. The molecule has 0 bridgehead atoms. The van der Waals surface area contributed by atoms with E-state index < -0.39 is 23.6 Å². The fourth-order valence-electron chi connectivity index (χ4n) is 1.69. The molecule has 1 radical (unpaired) electrons. The number of rotatable bonds is 4. The lowest BCUT2D eigenvalue weighted by atomic mass is 10.0. The first-order chi connectivity index (χ1) is 9.11. The van der Waals surface area contributed by atoms with Gasteiger partial charge in [0.1, 0.15) is 5.82 Å². The van der Waals surface area contributed by atoms with E-state index >= 15 is 0 Å². The second-order valence-electron chi connectivity index (χ2n) is 3.81. The SMILES string of the molecule is O=[C]OC(c1ccc(F)cc1)c1ccc(F)c(F)c1. The van der Waals surface area contributed by atoms with Crippen LogP contribution in [0.5, 0.6) is 0 Å². The highest BCUT2D eigenvalue weighted by Gasteiger charge is 2.17. The molecule has 0 aromatic heterocycles. The Morgan fingerprint density at radius 3 is 2.11 bits per heavy atom. The minimum Gasteiger partial charge on any atom is -0.444 e. The molecular weight excluding hydrogens is 257 g/mol. The summed E-state index contributed by atoms with van der Waals surface area (Å²) in [5, 5.41) is 0. The average molecular weight is 265 g/mol. The van der Waals surface area contributed by atoms with E-state index in [1.165, 1.54) is 36.8 Å². The molecule has 0 fully saturated rings. The van der Waals surface area contributed by atoms with E-state index in [0.29, 0.717) is 5.56 Å². The van der Waals surface area contributed by atoms with E-state index in [1.807, 2.05) is 0 Å². The maximum absolute atomic E-state index is 13.2. The largest absolute Gasteiger partial charge is 0.444 e. The van der Waals surface area contributed by atoms with Crippen LogP contribution >= 0.6 is 0 Å². The number of benzene rings is 2. The van der Waals surface area contributed by atoms with Crippen molar-refractivity contribution in [3.05, 3.63) is 71.0 Å². The second kappa shape index (κ2) is 5.56. The minimum absolute atomic E-state index is 0.230. The van der Waals surface area contributed by atoms with Crippen molar-refractivity contribution in [1.82, 2.24) is 0 Å². The van der Waals surface area contributed by atoms with Crippen molar-refractivity contribution in [2.45, 2.75) is 6.10 Å². The fourth-order valence-corrected chi connectivity index (χ4v) is 1.69. The van der Waals surface area contributed by atoms with Crippen LogP contribution in [0.15, 0.2) is 42.5 Å². The molecule has 19 heavy (non-hydrogen) atoms. The molecule has 0 aliphatic rings. The van der Waals surface area contributed by atoms with Crippen molar-refractivity contribution in [1.29, 1.82) is 0 Å². The van der Waals surface area contributed by atoms with Crippen LogP contribution in [-0.4, -0.2) is 6.47 Å². The van der Waals surface area contributed by atoms with Gasteiger partial charge in [0.2, 0.25) is 0 Å². The molecule has 0 saturated carbocycles. The van der Waals surface area contributed by atoms with E-state index in [-0.39, 0.29) is 5.56 Å². The van der Waals surface area contributed by atoms with Crippen molar-refractivity contribution in [3.8, 4) is 0 Å². The van der Waals surface area contributed by atoms with Gasteiger partial charge in [-0.05, 0) is 29.8 Å². The van der Waals surface area contributed by atoms with Crippen molar-refractivity contribution >= 4 is 6.47 Å². The Morgan fingerprint density at radius 1 is 0.895 bits per heavy atom. The molecule has 0 saturated heterocycles. The summed E-state index contributed by atoms with van der Waals surface area (Å²) in [5.41, 5.74) is 0.657. The predicted octanol–water partition coefficient (Wildman–Crippen LogP) is 3.28. The highest BCUT2D eigenvalue weighted by molar-refractivity contribution is 5.42. The van der Waals surface area contributed by atoms with Crippen LogP contribution in [0.3, 0.4) is 0 Å². The Bertz CT molecular complexity index is 582. The van der Waals surface area contributed by atoms with E-state index in [1.54, 1.807) is 0 Å². The molecule has 97 valence electrons. The highest BCUT2D eigenvalue weighted by atomic mass is 19.2. The molecule has 0 heterocycles. The normalized spacial score (nSPS) is 11.9. The van der Waals surface area contributed by atoms with Crippen molar-refractivity contribution < 1.29 is 22.7 Å². The van der Waals surface area contributed by atoms with Crippen molar-refractivity contribution in [3.63, 3.8) is 0 Å². The van der Waals surface area contributed by atoms with Gasteiger partial charge in [-0.2, -0.15) is 0 Å². The number of halogens is 3. The van der Waals surface area contributed by atoms with Gasteiger partial charge in [0, 0.05) is 5.56 Å². The van der Waals surface area contributed by atoms with E-state index in [2.05, 4.69) is 0 Å². The van der Waals surface area contributed by atoms with Crippen molar-refractivity contribution in [2.75, 3.05) is 0 Å². The molecule has 2 aromatic carbocycles. The topological polar surface area (TPSA) is 26.3 Å². The van der Waals surface area contributed by atoms with Gasteiger partial charge in [-0.25, -0.2) is 18.0 Å². The molecule has 0 N–H and O–H groups in total. The minimum atomic E-state index is -1.06. The summed E-state index contributed by atoms with van der Waals surface area (Å²) in [4.78, 5) is 10.4. The Morgan fingerprint density at radius 2 is 1.53 bits per heavy atom. The third kappa shape index (κ3) is 2.93. The van der Waals surface area contributed by atoms with Crippen LogP contribution in [0.1, 0.15) is 17.2 Å². The summed E-state index contributed by atoms with van der Waals surface area (Å²) in [5.74, 6) is -2.52. The third-order valence-electron chi connectivity index (χ3n) is 2.59. The molecule has 2 aromatic rings. The number of ether oxygens (including phenoxy) is 1. The van der Waals surface area contributed by atoms with Crippen LogP contribution < -0.4 is 0 Å². The van der Waals surface area contributed by atoms with E-state index in [4.69, 9.17) is 4.74 Å². The van der Waals surface area contributed by atoms with E-state index in [9.17, 15) is 18.0 Å². The van der Waals surface area contributed by atoms with Crippen LogP contribution in [0.2, 0.25) is 0 Å². The van der Waals surface area contributed by atoms with Crippen LogP contribution in [-0.2, 0) is 9.53 Å². The molecule has 0 aliphatic heterocycles. The summed E-state index contributed by atoms with van der Waals surface area (Å²) in [6, 6.07) is 8.25. The van der Waals surface area contributed by atoms with Crippen molar-refractivity contribution in [2.24, 2.45) is 0 Å². The van der Waals surface area contributed by atoms with Gasteiger partial charge in [0.15, 0.2) is 17.7 Å². The van der Waals surface area contributed by atoms with Gasteiger partial charge in [0.05, 0.1) is 0 Å². The second-order valence-corrected chi connectivity index (χ2v) is 3.81. The van der Waals surface area contributed by atoms with Gasteiger partial charge in [-0.15, -0.1) is 0 Å². The summed E-state index contributed by atoms with van der Waals surface area (Å²) < 4.78 is 43.6. The summed E-state index contributed by atoms with van der Waals surface area (Å²) in [7, 11) is 0. The standard InChI is InChI=1S/C14H8F3O2/c15-11-4-1-9(2-5-11)14(19-8-18)10-3-6-12(16)13(17)7-10/h1-7,14H. The van der Waals surface area contributed by atoms with E-state index in [0.717, 1.165) is 12.1 Å². The summed E-state index contributed by atoms with van der Waals surface area (Å²) in [6.45, 7) is 1.25. The Labute approximate surface area is 107 Å². The Hall–Kier alpha value is -2.30. The van der Waals surface area contributed by atoms with Gasteiger partial charge in [0.25, 0.3) is 0 Å². The molecule has 1 unspecified atom stereocenters. The number of hydrogen-bond acceptors (Lipinski definition) is 2. The molecular formula is C14H8F3O2.